The van der Waals surface area contributed by atoms with E-state index in [0.717, 1.165) is 0 Å². The Morgan fingerprint density at radius 2 is 0.630 bits per heavy atom. The first-order valence-corrected chi connectivity index (χ1v) is 7.06. The fourth-order valence-corrected chi connectivity index (χ4v) is 0. The van der Waals surface area contributed by atoms with Crippen molar-refractivity contribution < 1.29 is 79.1 Å². The van der Waals surface area contributed by atoms with E-state index in [1.54, 1.807) is 0 Å². The first-order valence-electron chi connectivity index (χ1n) is 3.17. The number of carbonyl (C=O) groups is 2. The van der Waals surface area contributed by atoms with Crippen LogP contribution in [-0.2, 0) is 25.3 Å². The van der Waals surface area contributed by atoms with Gasteiger partial charge in [0.05, 0.1) is 0 Å². The molecule has 0 aliphatic carbocycles. The molecule has 0 N–H and O–H groups in total. The van der Waals surface area contributed by atoms with Crippen LogP contribution in [0.3, 0.4) is 0 Å². The van der Waals surface area contributed by atoms with Crippen LogP contribution in [0.5, 0.6) is 0 Å². The molecule has 27 heavy (non-hydrogen) atoms. The predicted octanol–water partition coefficient (Wildman–Crippen LogP) is -12.4. The van der Waals surface area contributed by atoms with Crippen molar-refractivity contribution >= 4 is 213 Å². The molecule has 0 rings (SSSR count). The number of carbonyl (C=O) groups excluding carboxylic acids is 2. The van der Waals surface area contributed by atoms with E-state index in [1.807, 2.05) is 0 Å². The van der Waals surface area contributed by atoms with Gasteiger partial charge in [0.25, 0.3) is 0 Å². The average molecular weight is 654 g/mol. The van der Waals surface area contributed by atoms with Gasteiger partial charge >= 0.3 is 170 Å². The molecule has 136 valence electrons. The molecule has 0 saturated carbocycles. The van der Waals surface area contributed by atoms with Gasteiger partial charge in [-0.1, -0.05) is 0 Å². The zero-order chi connectivity index (χ0) is 19.7. The maximum atomic E-state index is 8.52. The summed E-state index contributed by atoms with van der Waals surface area (Å²) in [6, 6.07) is 0. The van der Waals surface area contributed by atoms with Crippen molar-refractivity contribution in [1.82, 2.24) is 0 Å². The molecule has 0 fully saturated rings. The summed E-state index contributed by atoms with van der Waals surface area (Å²) < 4.78 is 76.7. The van der Waals surface area contributed by atoms with Crippen molar-refractivity contribution in [2.75, 3.05) is 0 Å². The van der Waals surface area contributed by atoms with E-state index in [-0.39, 0.29) is 170 Å². The molecule has 0 amide bonds. The molecule has 0 heterocycles. The molecule has 0 bridgehead atoms. The Bertz CT molecular complexity index is 437. The van der Waals surface area contributed by atoms with Crippen molar-refractivity contribution in [3.63, 3.8) is 0 Å². The van der Waals surface area contributed by atoms with Crippen LogP contribution in [0, 0.1) is 0 Å². The summed E-state index contributed by atoms with van der Waals surface area (Å²) in [6.45, 7) is 0. The predicted molar refractivity (Wildman–Crippen MR) is 67.0 cm³/mol. The molecule has 17 nitrogen and oxygen atoms in total. The molecule has 25 heteroatoms. The molecule has 0 unspecified atom stereocenters. The van der Waals surface area contributed by atoms with Crippen molar-refractivity contribution in [3.8, 4) is 0 Å². The van der Waals surface area contributed by atoms with Gasteiger partial charge in [-0.2, -0.15) is 0 Å². The van der Waals surface area contributed by atoms with Crippen molar-refractivity contribution in [2.24, 2.45) is 0 Å². The first-order chi connectivity index (χ1) is 9.20. The van der Waals surface area contributed by atoms with Crippen LogP contribution < -0.4 is 30.0 Å². The SMILES string of the molecule is O=C([O-])[O-].O=C([O-])[O-].O=S(=O)([O-])[O-].O=S(=O)([O-])[O-].O=[Si]([O-])[O-].[Ba+2].[Ca+2].[Ca+2].[Mg+2].[Mg+2]. The number of hydrogen-bond acceptors (Lipinski definition) is 17. The summed E-state index contributed by atoms with van der Waals surface area (Å²) in [7, 11) is -14.0. The van der Waals surface area contributed by atoms with E-state index in [2.05, 4.69) is 0 Å². The summed E-state index contributed by atoms with van der Waals surface area (Å²) in [5.41, 5.74) is 0. The molecule has 0 aromatic carbocycles. The van der Waals surface area contributed by atoms with E-state index in [0.29, 0.717) is 0 Å². The Morgan fingerprint density at radius 1 is 0.630 bits per heavy atom. The van der Waals surface area contributed by atoms with Crippen LogP contribution >= 0.6 is 0 Å². The number of rotatable bonds is 0. The van der Waals surface area contributed by atoms with Crippen molar-refractivity contribution in [1.29, 1.82) is 0 Å². The second-order valence-electron chi connectivity index (χ2n) is 1.57. The number of hydrogen-bond donors (Lipinski definition) is 0. The van der Waals surface area contributed by atoms with E-state index in [9.17, 15) is 0 Å². The Balaban J connectivity index is -0.0000000160. The number of carboxylic acid groups (broad SMARTS) is 4. The summed E-state index contributed by atoms with van der Waals surface area (Å²) in [5, 5.41) is 33.3. The normalized spacial score (nSPS) is 6.96. The Labute approximate surface area is 285 Å². The molecule has 0 saturated heterocycles. The Morgan fingerprint density at radius 3 is 0.630 bits per heavy atom. The Hall–Kier alpha value is 3.52. The largest absolute Gasteiger partial charge is 2.00 e. The third kappa shape index (κ3) is 1800. The average Bonchev–Trinajstić information content (AvgIpc) is 1.88. The molecule has 0 aromatic heterocycles. The van der Waals surface area contributed by atoms with Crippen LogP contribution in [0.25, 0.3) is 0 Å². The molecule has 0 aliphatic heterocycles. The molecule has 0 aliphatic rings. The van der Waals surface area contributed by atoms with Gasteiger partial charge in [0.1, 0.15) is 0 Å². The molecule has 0 radical (unpaired) electrons. The first kappa shape index (κ1) is 63.2. The van der Waals surface area contributed by atoms with Gasteiger partial charge in [0.2, 0.25) is 0 Å². The standard InChI is InChI=1S/2CH2O3.Ba.2Ca.2Mg.2H2O4S.O3Si/c2*2-1(3)4;;;;;;2*1-5(2,3)4;1-4(2)3/h2*(H2,2,3,4);;;;;;2*(H2,1,2,3,4);/q;;5*+2;;;-2/p-8. The van der Waals surface area contributed by atoms with E-state index < -0.39 is 42.3 Å². The zero-order valence-electron chi connectivity index (χ0n) is 12.8. The minimum Gasteiger partial charge on any atom is -0.759 e. The fourth-order valence-electron chi connectivity index (χ4n) is 0. The summed E-state index contributed by atoms with van der Waals surface area (Å²) in [5.74, 6) is 0. The fraction of sp³-hybridized carbons (Fsp3) is 0. The van der Waals surface area contributed by atoms with Crippen LogP contribution in [0.1, 0.15) is 0 Å². The third-order valence-corrected chi connectivity index (χ3v) is 0. The van der Waals surface area contributed by atoms with Crippen LogP contribution in [0.15, 0.2) is 0 Å². The summed E-state index contributed by atoms with van der Waals surface area (Å²) >= 11 is 0. The van der Waals surface area contributed by atoms with E-state index in [4.69, 9.17) is 79.1 Å². The maximum absolute atomic E-state index is 8.52. The van der Waals surface area contributed by atoms with Gasteiger partial charge in [0, 0.05) is 30.0 Å². The van der Waals surface area contributed by atoms with Crippen LogP contribution in [0.4, 0.5) is 9.59 Å². The molecule has 0 aromatic rings. The van der Waals surface area contributed by atoms with Crippen LogP contribution in [-0.4, -0.2) is 227 Å². The monoisotopic (exact) mass is 654 g/mol. The third-order valence-electron chi connectivity index (χ3n) is 0. The van der Waals surface area contributed by atoms with Gasteiger partial charge < -0.3 is 62.3 Å². The van der Waals surface area contributed by atoms with Crippen molar-refractivity contribution in [3.05, 3.63) is 0 Å². The summed E-state index contributed by atoms with van der Waals surface area (Å²) in [6.07, 6.45) is -4.67. The van der Waals surface area contributed by atoms with Gasteiger partial charge in [-0.15, -0.1) is 0 Å². The second-order valence-corrected chi connectivity index (χ2v) is 3.70. The molecular formula is C2BaCa2Mg2O17S2Si. The second kappa shape index (κ2) is 39.9. The van der Waals surface area contributed by atoms with Gasteiger partial charge in [-0.25, -0.2) is 0 Å². The topological polar surface area (TPSA) is 350 Å². The van der Waals surface area contributed by atoms with E-state index >= 15 is 0 Å². The van der Waals surface area contributed by atoms with Crippen molar-refractivity contribution in [2.45, 2.75) is 0 Å². The minimum atomic E-state index is -5.17. The quantitative estimate of drug-likeness (QED) is 0.133. The minimum absolute atomic E-state index is 0. The zero-order valence-corrected chi connectivity index (χ0v) is 27.1. The van der Waals surface area contributed by atoms with Crippen LogP contribution in [0.2, 0.25) is 0 Å². The Kier molecular flexibility index (Phi) is 93.4. The maximum Gasteiger partial charge on any atom is 2.00 e. The van der Waals surface area contributed by atoms with E-state index in [1.165, 1.54) is 0 Å². The smallest absolute Gasteiger partial charge is 0.759 e. The summed E-state index contributed by atoms with van der Waals surface area (Å²) in [4.78, 5) is 33.7. The molecular weight excluding hydrogens is 654 g/mol. The van der Waals surface area contributed by atoms with Gasteiger partial charge in [0.15, 0.2) is 0 Å². The molecule has 0 atom stereocenters. The molecule has 0 spiro atoms. The van der Waals surface area contributed by atoms with Gasteiger partial charge in [-0.3, -0.25) is 16.8 Å². The van der Waals surface area contributed by atoms with Gasteiger partial charge in [-0.05, 0) is 12.3 Å².